The van der Waals surface area contributed by atoms with Gasteiger partial charge in [0.2, 0.25) is 0 Å². The van der Waals surface area contributed by atoms with Crippen molar-refractivity contribution in [2.45, 2.75) is 51.6 Å². The van der Waals surface area contributed by atoms with Crippen LogP contribution in [-0.2, 0) is 4.74 Å². The number of rotatable bonds is 4. The van der Waals surface area contributed by atoms with E-state index in [0.717, 1.165) is 25.9 Å². The van der Waals surface area contributed by atoms with Crippen LogP contribution < -0.4 is 4.90 Å². The Labute approximate surface area is 148 Å². The Balaban J connectivity index is 0.00000127. The second-order valence-electron chi connectivity index (χ2n) is 4.82. The molecule has 0 radical (unpaired) electrons. The third-order valence-electron chi connectivity index (χ3n) is 3.39. The zero-order valence-corrected chi connectivity index (χ0v) is 16.0. The standard InChI is InChI=1S/C14H20ClN3O2S.C2H6/c1-3-20-13(19)10-11(15)16-14(21-2)17-12(10)18-8-6-4-5-7-9-18;1-2/h3-9H2,1-2H3;1-2H3. The van der Waals surface area contributed by atoms with E-state index in [1.165, 1.54) is 24.6 Å². The van der Waals surface area contributed by atoms with Crippen LogP contribution in [0.3, 0.4) is 0 Å². The summed E-state index contributed by atoms with van der Waals surface area (Å²) in [7, 11) is 0. The first-order valence-electron chi connectivity index (χ1n) is 8.21. The number of anilines is 1. The quantitative estimate of drug-likeness (QED) is 0.343. The maximum atomic E-state index is 12.2. The summed E-state index contributed by atoms with van der Waals surface area (Å²) in [4.78, 5) is 23.0. The van der Waals surface area contributed by atoms with E-state index in [0.29, 0.717) is 23.1 Å². The van der Waals surface area contributed by atoms with Crippen molar-refractivity contribution in [3.8, 4) is 0 Å². The molecule has 0 unspecified atom stereocenters. The van der Waals surface area contributed by atoms with Crippen molar-refractivity contribution in [1.82, 2.24) is 9.97 Å². The number of ether oxygens (including phenoxy) is 1. The number of hydrogen-bond donors (Lipinski definition) is 0. The normalized spacial score (nSPS) is 14.6. The molecule has 1 aromatic heterocycles. The van der Waals surface area contributed by atoms with Crippen molar-refractivity contribution >= 4 is 35.1 Å². The van der Waals surface area contributed by atoms with E-state index in [1.54, 1.807) is 6.92 Å². The summed E-state index contributed by atoms with van der Waals surface area (Å²) in [5.41, 5.74) is 0.290. The fraction of sp³-hybridized carbons (Fsp3) is 0.688. The topological polar surface area (TPSA) is 55.3 Å². The van der Waals surface area contributed by atoms with Crippen LogP contribution in [-0.4, -0.2) is 41.9 Å². The van der Waals surface area contributed by atoms with Gasteiger partial charge in [0.05, 0.1) is 6.61 Å². The zero-order valence-electron chi connectivity index (χ0n) is 14.4. The van der Waals surface area contributed by atoms with Gasteiger partial charge in [0.25, 0.3) is 0 Å². The van der Waals surface area contributed by atoms with Gasteiger partial charge in [-0.3, -0.25) is 0 Å². The molecule has 1 saturated heterocycles. The summed E-state index contributed by atoms with van der Waals surface area (Å²) >= 11 is 7.63. The monoisotopic (exact) mass is 359 g/mol. The lowest BCUT2D eigenvalue weighted by molar-refractivity contribution is 0.0526. The largest absolute Gasteiger partial charge is 0.462 e. The molecule has 130 valence electrons. The number of carbonyl (C=O) groups excluding carboxylic acids is 1. The predicted molar refractivity (Wildman–Crippen MR) is 96.8 cm³/mol. The van der Waals surface area contributed by atoms with E-state index in [-0.39, 0.29) is 5.15 Å². The molecule has 2 rings (SSSR count). The van der Waals surface area contributed by atoms with Gasteiger partial charge in [0.15, 0.2) is 5.16 Å². The maximum absolute atomic E-state index is 12.2. The van der Waals surface area contributed by atoms with Crippen molar-refractivity contribution in [1.29, 1.82) is 0 Å². The van der Waals surface area contributed by atoms with E-state index >= 15 is 0 Å². The molecule has 0 saturated carbocycles. The van der Waals surface area contributed by atoms with Gasteiger partial charge in [0.1, 0.15) is 16.5 Å². The first kappa shape index (κ1) is 20.0. The maximum Gasteiger partial charge on any atom is 0.345 e. The molecular weight excluding hydrogens is 334 g/mol. The van der Waals surface area contributed by atoms with Gasteiger partial charge in [0, 0.05) is 13.1 Å². The fourth-order valence-electron chi connectivity index (χ4n) is 2.38. The SMILES string of the molecule is CC.CCOC(=O)c1c(Cl)nc(SC)nc1N1CCCCCC1. The van der Waals surface area contributed by atoms with Crippen LogP contribution >= 0.6 is 23.4 Å². The van der Waals surface area contributed by atoms with Crippen molar-refractivity contribution in [2.24, 2.45) is 0 Å². The average molecular weight is 360 g/mol. The third kappa shape index (κ3) is 5.53. The minimum absolute atomic E-state index is 0.173. The van der Waals surface area contributed by atoms with E-state index in [2.05, 4.69) is 14.9 Å². The molecule has 1 aliphatic rings. The molecule has 1 aromatic rings. The van der Waals surface area contributed by atoms with Gasteiger partial charge < -0.3 is 9.64 Å². The molecular formula is C16H26ClN3O2S. The van der Waals surface area contributed by atoms with Gasteiger partial charge in [-0.15, -0.1) is 0 Å². The molecule has 0 aromatic carbocycles. The first-order valence-corrected chi connectivity index (χ1v) is 9.81. The number of hydrogen-bond acceptors (Lipinski definition) is 6. The van der Waals surface area contributed by atoms with Gasteiger partial charge in [-0.25, -0.2) is 14.8 Å². The number of halogens is 1. The van der Waals surface area contributed by atoms with Crippen LogP contribution in [0.15, 0.2) is 5.16 Å². The van der Waals surface area contributed by atoms with Crippen molar-refractivity contribution in [3.63, 3.8) is 0 Å². The first-order chi connectivity index (χ1) is 11.2. The Hall–Kier alpha value is -1.01. The molecule has 23 heavy (non-hydrogen) atoms. The lowest BCUT2D eigenvalue weighted by atomic mass is 10.2. The second kappa shape index (κ2) is 10.7. The summed E-state index contributed by atoms with van der Waals surface area (Å²) < 4.78 is 5.11. The molecule has 0 amide bonds. The fourth-order valence-corrected chi connectivity index (χ4v) is 3.04. The molecule has 0 spiro atoms. The number of nitrogens with zero attached hydrogens (tertiary/aromatic N) is 3. The van der Waals surface area contributed by atoms with Crippen LogP contribution in [0.25, 0.3) is 0 Å². The Morgan fingerprint density at radius 2 is 1.83 bits per heavy atom. The lowest BCUT2D eigenvalue weighted by Crippen LogP contribution is -2.28. The van der Waals surface area contributed by atoms with Gasteiger partial charge in [-0.2, -0.15) is 0 Å². The summed E-state index contributed by atoms with van der Waals surface area (Å²) in [6.07, 6.45) is 6.50. The molecule has 2 heterocycles. The van der Waals surface area contributed by atoms with Crippen molar-refractivity contribution < 1.29 is 9.53 Å². The number of thioether (sulfide) groups is 1. The number of esters is 1. The van der Waals surface area contributed by atoms with Crippen LogP contribution in [0.1, 0.15) is 56.8 Å². The van der Waals surface area contributed by atoms with Gasteiger partial charge >= 0.3 is 5.97 Å². The Morgan fingerprint density at radius 3 is 2.35 bits per heavy atom. The van der Waals surface area contributed by atoms with E-state index in [9.17, 15) is 4.79 Å². The van der Waals surface area contributed by atoms with E-state index in [4.69, 9.17) is 16.3 Å². The lowest BCUT2D eigenvalue weighted by Gasteiger charge is -2.24. The number of aromatic nitrogens is 2. The number of carbonyl (C=O) groups is 1. The molecule has 0 atom stereocenters. The van der Waals surface area contributed by atoms with Crippen molar-refractivity contribution in [3.05, 3.63) is 10.7 Å². The van der Waals surface area contributed by atoms with Crippen LogP contribution in [0.2, 0.25) is 5.15 Å². The van der Waals surface area contributed by atoms with Crippen LogP contribution in [0.5, 0.6) is 0 Å². The summed E-state index contributed by atoms with van der Waals surface area (Å²) in [5.74, 6) is 0.161. The molecule has 1 aliphatic heterocycles. The highest BCUT2D eigenvalue weighted by Gasteiger charge is 2.25. The Morgan fingerprint density at radius 1 is 1.22 bits per heavy atom. The minimum Gasteiger partial charge on any atom is -0.462 e. The minimum atomic E-state index is -0.450. The van der Waals surface area contributed by atoms with Crippen LogP contribution in [0.4, 0.5) is 5.82 Å². The predicted octanol–water partition coefficient (Wildman–Crippen LogP) is 4.44. The summed E-state index contributed by atoms with van der Waals surface area (Å²) in [6, 6.07) is 0. The van der Waals surface area contributed by atoms with Crippen LogP contribution in [0, 0.1) is 0 Å². The second-order valence-corrected chi connectivity index (χ2v) is 5.95. The summed E-state index contributed by atoms with van der Waals surface area (Å²) in [5, 5.41) is 0.749. The van der Waals surface area contributed by atoms with Gasteiger partial charge in [-0.1, -0.05) is 50.1 Å². The smallest absolute Gasteiger partial charge is 0.345 e. The molecule has 0 bridgehead atoms. The molecule has 0 N–H and O–H groups in total. The molecule has 0 aliphatic carbocycles. The van der Waals surface area contributed by atoms with Crippen molar-refractivity contribution in [2.75, 3.05) is 30.9 Å². The average Bonchev–Trinajstić information content (AvgIpc) is 2.85. The Kier molecular flexibility index (Phi) is 9.33. The highest BCUT2D eigenvalue weighted by atomic mass is 35.5. The Bertz CT molecular complexity index is 506. The highest BCUT2D eigenvalue weighted by molar-refractivity contribution is 7.98. The molecule has 7 heteroatoms. The van der Waals surface area contributed by atoms with Gasteiger partial charge in [-0.05, 0) is 26.0 Å². The molecule has 5 nitrogen and oxygen atoms in total. The molecule has 1 fully saturated rings. The third-order valence-corrected chi connectivity index (χ3v) is 4.21. The summed E-state index contributed by atoms with van der Waals surface area (Å²) in [6.45, 7) is 7.84. The van der Waals surface area contributed by atoms with E-state index in [1.807, 2.05) is 20.1 Å². The highest BCUT2D eigenvalue weighted by Crippen LogP contribution is 2.29. The zero-order chi connectivity index (χ0) is 17.2. The van der Waals surface area contributed by atoms with E-state index < -0.39 is 5.97 Å².